The minimum Gasteiger partial charge on any atom is -0.467 e. The van der Waals surface area contributed by atoms with Crippen molar-refractivity contribution in [1.29, 1.82) is 0 Å². The minimum absolute atomic E-state index is 0. The Morgan fingerprint density at radius 1 is 1.45 bits per heavy atom. The lowest BCUT2D eigenvalue weighted by atomic mass is 10.1. The maximum atomic E-state index is 9.80. The van der Waals surface area contributed by atoms with E-state index in [-0.39, 0.29) is 30.1 Å². The number of guanidine groups is 1. The first kappa shape index (κ1) is 17.3. The van der Waals surface area contributed by atoms with Crippen LogP contribution in [0.2, 0.25) is 0 Å². The predicted octanol–water partition coefficient (Wildman–Crippen LogP) is 2.11. The summed E-state index contributed by atoms with van der Waals surface area (Å²) in [5.41, 5.74) is 0. The van der Waals surface area contributed by atoms with Crippen LogP contribution in [0.4, 0.5) is 0 Å². The van der Waals surface area contributed by atoms with Gasteiger partial charge in [0.1, 0.15) is 12.3 Å². The number of nitrogens with one attached hydrogen (secondary N) is 2. The molecule has 1 aromatic rings. The molecule has 1 heterocycles. The van der Waals surface area contributed by atoms with Crippen LogP contribution in [0.15, 0.2) is 27.8 Å². The average molecular weight is 393 g/mol. The van der Waals surface area contributed by atoms with Gasteiger partial charge in [0.2, 0.25) is 0 Å². The summed E-state index contributed by atoms with van der Waals surface area (Å²) in [6, 6.07) is 3.77. The summed E-state index contributed by atoms with van der Waals surface area (Å²) in [4.78, 5) is 4.46. The fraction of sp³-hybridized carbons (Fsp3) is 0.643. The SMILES string of the molecule is CCNC(=NCc1ccco1)NCC1CCCC1O.I. The lowest BCUT2D eigenvalue weighted by Crippen LogP contribution is -2.41. The van der Waals surface area contributed by atoms with Gasteiger partial charge in [-0.1, -0.05) is 6.42 Å². The molecular weight excluding hydrogens is 369 g/mol. The Morgan fingerprint density at radius 2 is 2.30 bits per heavy atom. The average Bonchev–Trinajstić information content (AvgIpc) is 3.04. The first-order valence-electron chi connectivity index (χ1n) is 7.02. The fourth-order valence-electron chi connectivity index (χ4n) is 2.38. The van der Waals surface area contributed by atoms with E-state index in [9.17, 15) is 5.11 Å². The van der Waals surface area contributed by atoms with Crippen LogP contribution in [0.5, 0.6) is 0 Å². The number of aliphatic hydroxyl groups is 1. The summed E-state index contributed by atoms with van der Waals surface area (Å²) in [5.74, 6) is 1.96. The summed E-state index contributed by atoms with van der Waals surface area (Å²) in [7, 11) is 0. The van der Waals surface area contributed by atoms with E-state index >= 15 is 0 Å². The Bertz CT molecular complexity index is 395. The van der Waals surface area contributed by atoms with Crippen molar-refractivity contribution >= 4 is 29.9 Å². The standard InChI is InChI=1S/C14H23N3O2.HI/c1-2-15-14(17-10-12-6-4-8-19-12)16-9-11-5-3-7-13(11)18;/h4,6,8,11,13,18H,2-3,5,7,9-10H2,1H3,(H2,15,16,17);1H. The Balaban J connectivity index is 0.00000200. The highest BCUT2D eigenvalue weighted by atomic mass is 127. The van der Waals surface area contributed by atoms with Crippen LogP contribution in [-0.2, 0) is 6.54 Å². The molecule has 0 aliphatic heterocycles. The highest BCUT2D eigenvalue weighted by Crippen LogP contribution is 2.24. The molecule has 2 rings (SSSR count). The number of aliphatic imine (C=N–C) groups is 1. The number of hydrogen-bond acceptors (Lipinski definition) is 3. The van der Waals surface area contributed by atoms with E-state index in [4.69, 9.17) is 4.42 Å². The van der Waals surface area contributed by atoms with E-state index in [1.807, 2.05) is 19.1 Å². The number of hydrogen-bond donors (Lipinski definition) is 3. The second kappa shape index (κ2) is 9.23. The smallest absolute Gasteiger partial charge is 0.191 e. The largest absolute Gasteiger partial charge is 0.467 e. The molecule has 0 bridgehead atoms. The van der Waals surface area contributed by atoms with Crippen molar-refractivity contribution in [2.75, 3.05) is 13.1 Å². The maximum absolute atomic E-state index is 9.80. The molecule has 3 N–H and O–H groups in total. The molecule has 0 spiro atoms. The normalized spacial score (nSPS) is 22.4. The van der Waals surface area contributed by atoms with Gasteiger partial charge in [0.05, 0.1) is 12.4 Å². The molecule has 6 heteroatoms. The molecule has 0 aromatic carbocycles. The van der Waals surface area contributed by atoms with Crippen molar-refractivity contribution in [2.45, 2.75) is 38.8 Å². The maximum Gasteiger partial charge on any atom is 0.191 e. The molecule has 0 amide bonds. The zero-order valence-corrected chi connectivity index (χ0v) is 14.2. The summed E-state index contributed by atoms with van der Waals surface area (Å²) in [6.45, 7) is 4.15. The van der Waals surface area contributed by atoms with Crippen molar-refractivity contribution in [2.24, 2.45) is 10.9 Å². The molecule has 1 fully saturated rings. The van der Waals surface area contributed by atoms with Crippen LogP contribution in [0.25, 0.3) is 0 Å². The van der Waals surface area contributed by atoms with Crippen LogP contribution in [0.3, 0.4) is 0 Å². The van der Waals surface area contributed by atoms with Gasteiger partial charge in [-0.25, -0.2) is 4.99 Å². The number of furan rings is 1. The second-order valence-electron chi connectivity index (χ2n) is 4.91. The minimum atomic E-state index is -0.166. The number of nitrogens with zero attached hydrogens (tertiary/aromatic N) is 1. The molecule has 2 atom stereocenters. The molecule has 1 aliphatic rings. The van der Waals surface area contributed by atoms with Gasteiger partial charge in [-0.05, 0) is 31.9 Å². The van der Waals surface area contributed by atoms with Crippen molar-refractivity contribution in [3.8, 4) is 0 Å². The van der Waals surface area contributed by atoms with Gasteiger partial charge < -0.3 is 20.2 Å². The topological polar surface area (TPSA) is 69.8 Å². The number of rotatable bonds is 5. The first-order valence-corrected chi connectivity index (χ1v) is 7.02. The summed E-state index contributed by atoms with van der Waals surface area (Å²) >= 11 is 0. The van der Waals surface area contributed by atoms with Gasteiger partial charge in [-0.2, -0.15) is 0 Å². The Labute approximate surface area is 137 Å². The van der Waals surface area contributed by atoms with E-state index in [0.717, 1.165) is 44.1 Å². The van der Waals surface area contributed by atoms with Crippen molar-refractivity contribution in [3.05, 3.63) is 24.2 Å². The lowest BCUT2D eigenvalue weighted by molar-refractivity contribution is 0.134. The lowest BCUT2D eigenvalue weighted by Gasteiger charge is -2.17. The zero-order chi connectivity index (χ0) is 13.5. The van der Waals surface area contributed by atoms with Crippen LogP contribution < -0.4 is 10.6 Å². The highest BCUT2D eigenvalue weighted by molar-refractivity contribution is 14.0. The van der Waals surface area contributed by atoms with Gasteiger partial charge in [0.25, 0.3) is 0 Å². The van der Waals surface area contributed by atoms with Gasteiger partial charge in [0.15, 0.2) is 5.96 Å². The van der Waals surface area contributed by atoms with Crippen molar-refractivity contribution < 1.29 is 9.52 Å². The van der Waals surface area contributed by atoms with Crippen molar-refractivity contribution in [1.82, 2.24) is 10.6 Å². The van der Waals surface area contributed by atoms with E-state index in [2.05, 4.69) is 15.6 Å². The predicted molar refractivity (Wildman–Crippen MR) is 90.3 cm³/mol. The molecule has 20 heavy (non-hydrogen) atoms. The van der Waals surface area contributed by atoms with E-state index in [0.29, 0.717) is 12.5 Å². The second-order valence-corrected chi connectivity index (χ2v) is 4.91. The van der Waals surface area contributed by atoms with Gasteiger partial charge in [-0.15, -0.1) is 24.0 Å². The molecular formula is C14H24IN3O2. The number of halogens is 1. The first-order chi connectivity index (χ1) is 9.29. The summed E-state index contributed by atoms with van der Waals surface area (Å²) in [6.07, 6.45) is 4.62. The summed E-state index contributed by atoms with van der Waals surface area (Å²) in [5, 5.41) is 16.3. The van der Waals surface area contributed by atoms with Crippen molar-refractivity contribution in [3.63, 3.8) is 0 Å². The molecule has 0 radical (unpaired) electrons. The zero-order valence-electron chi connectivity index (χ0n) is 11.8. The molecule has 114 valence electrons. The van der Waals surface area contributed by atoms with E-state index in [1.54, 1.807) is 6.26 Å². The highest BCUT2D eigenvalue weighted by Gasteiger charge is 2.24. The third-order valence-electron chi connectivity index (χ3n) is 3.47. The Morgan fingerprint density at radius 3 is 2.90 bits per heavy atom. The molecule has 1 aliphatic carbocycles. The Hall–Kier alpha value is -0.760. The Kier molecular flexibility index (Phi) is 7.98. The van der Waals surface area contributed by atoms with Gasteiger partial charge in [0, 0.05) is 19.0 Å². The molecule has 1 aromatic heterocycles. The summed E-state index contributed by atoms with van der Waals surface area (Å²) < 4.78 is 5.25. The molecule has 2 unspecified atom stereocenters. The van der Waals surface area contributed by atoms with E-state index < -0.39 is 0 Å². The van der Waals surface area contributed by atoms with Crippen LogP contribution in [-0.4, -0.2) is 30.3 Å². The van der Waals surface area contributed by atoms with Gasteiger partial charge >= 0.3 is 0 Å². The molecule has 0 saturated heterocycles. The monoisotopic (exact) mass is 393 g/mol. The fourth-order valence-corrected chi connectivity index (χ4v) is 2.38. The van der Waals surface area contributed by atoms with Crippen LogP contribution in [0.1, 0.15) is 31.9 Å². The van der Waals surface area contributed by atoms with Crippen LogP contribution in [0, 0.1) is 5.92 Å². The molecule has 5 nitrogen and oxygen atoms in total. The third kappa shape index (κ3) is 5.32. The molecule has 1 saturated carbocycles. The third-order valence-corrected chi connectivity index (χ3v) is 3.47. The quantitative estimate of drug-likeness (QED) is 0.407. The van der Waals surface area contributed by atoms with E-state index in [1.165, 1.54) is 0 Å². The van der Waals surface area contributed by atoms with Crippen LogP contribution >= 0.6 is 24.0 Å². The van der Waals surface area contributed by atoms with Gasteiger partial charge in [-0.3, -0.25) is 0 Å². The number of aliphatic hydroxyl groups excluding tert-OH is 1.